The van der Waals surface area contributed by atoms with Crippen molar-refractivity contribution in [2.24, 2.45) is 0 Å². The van der Waals surface area contributed by atoms with Gasteiger partial charge in [-0.3, -0.25) is 9.59 Å². The SMILES string of the molecule is Cc1nc(C2CCOCC2)ncc1C(=O)ON1C(=O)c2ccccc2C1=O. The van der Waals surface area contributed by atoms with Gasteiger partial charge in [-0.15, -0.1) is 0 Å². The van der Waals surface area contributed by atoms with E-state index in [4.69, 9.17) is 9.57 Å². The first kappa shape index (κ1) is 17.3. The number of hydrogen-bond donors (Lipinski definition) is 0. The number of hydrogen-bond acceptors (Lipinski definition) is 7. The number of rotatable bonds is 3. The van der Waals surface area contributed by atoms with Gasteiger partial charge < -0.3 is 9.57 Å². The molecule has 8 nitrogen and oxygen atoms in total. The maximum atomic E-state index is 12.5. The fraction of sp³-hybridized carbons (Fsp3) is 0.316. The normalized spacial score (nSPS) is 17.1. The van der Waals surface area contributed by atoms with E-state index >= 15 is 0 Å². The molecule has 0 spiro atoms. The minimum atomic E-state index is -0.847. The summed E-state index contributed by atoms with van der Waals surface area (Å²) in [5.41, 5.74) is 0.965. The summed E-state index contributed by atoms with van der Waals surface area (Å²) in [6, 6.07) is 6.31. The molecule has 0 N–H and O–H groups in total. The third-order valence-electron chi connectivity index (χ3n) is 4.74. The van der Waals surface area contributed by atoms with Crippen LogP contribution >= 0.6 is 0 Å². The molecule has 2 aliphatic heterocycles. The summed E-state index contributed by atoms with van der Waals surface area (Å²) in [6.45, 7) is 3.00. The molecule has 1 fully saturated rings. The highest BCUT2D eigenvalue weighted by Gasteiger charge is 2.39. The van der Waals surface area contributed by atoms with E-state index in [-0.39, 0.29) is 22.6 Å². The number of carbonyl (C=O) groups excluding carboxylic acids is 3. The summed E-state index contributed by atoms with van der Waals surface area (Å²) in [5.74, 6) is -1.32. The Morgan fingerprint density at radius 2 is 1.78 bits per heavy atom. The number of nitrogens with zero attached hydrogens (tertiary/aromatic N) is 3. The Morgan fingerprint density at radius 3 is 2.37 bits per heavy atom. The summed E-state index contributed by atoms with van der Waals surface area (Å²) < 4.78 is 5.34. The highest BCUT2D eigenvalue weighted by molar-refractivity contribution is 6.21. The first-order valence-electron chi connectivity index (χ1n) is 8.67. The second-order valence-corrected chi connectivity index (χ2v) is 6.44. The molecule has 0 atom stereocenters. The van der Waals surface area contributed by atoms with Gasteiger partial charge in [-0.25, -0.2) is 14.8 Å². The Kier molecular flexibility index (Phi) is 4.41. The van der Waals surface area contributed by atoms with Crippen molar-refractivity contribution in [3.05, 3.63) is 58.7 Å². The molecule has 4 rings (SSSR count). The molecule has 0 unspecified atom stereocenters. The highest BCUT2D eigenvalue weighted by Crippen LogP contribution is 2.26. The van der Waals surface area contributed by atoms with Crippen LogP contribution in [0.2, 0.25) is 0 Å². The van der Waals surface area contributed by atoms with Crippen LogP contribution in [0, 0.1) is 6.92 Å². The molecule has 3 heterocycles. The largest absolute Gasteiger partial charge is 0.381 e. The fourth-order valence-corrected chi connectivity index (χ4v) is 3.22. The van der Waals surface area contributed by atoms with Crippen LogP contribution in [-0.4, -0.2) is 46.0 Å². The Balaban J connectivity index is 1.52. The lowest BCUT2D eigenvalue weighted by atomic mass is 9.99. The lowest BCUT2D eigenvalue weighted by molar-refractivity contribution is -0.0585. The molecule has 0 aliphatic carbocycles. The number of benzene rings is 1. The van der Waals surface area contributed by atoms with Gasteiger partial charge in [-0.2, -0.15) is 0 Å². The molecular formula is C19H17N3O5. The third-order valence-corrected chi connectivity index (χ3v) is 4.74. The minimum Gasteiger partial charge on any atom is -0.381 e. The molecule has 8 heteroatoms. The smallest absolute Gasteiger partial charge is 0.367 e. The van der Waals surface area contributed by atoms with E-state index in [1.54, 1.807) is 19.1 Å². The van der Waals surface area contributed by atoms with Gasteiger partial charge >= 0.3 is 5.97 Å². The van der Waals surface area contributed by atoms with Gasteiger partial charge in [-0.05, 0) is 31.9 Å². The zero-order valence-corrected chi connectivity index (χ0v) is 14.7. The van der Waals surface area contributed by atoms with E-state index in [9.17, 15) is 14.4 Å². The zero-order chi connectivity index (χ0) is 19.0. The first-order valence-corrected chi connectivity index (χ1v) is 8.67. The van der Waals surface area contributed by atoms with Crippen LogP contribution in [0.5, 0.6) is 0 Å². The van der Waals surface area contributed by atoms with Crippen LogP contribution in [0.15, 0.2) is 30.5 Å². The van der Waals surface area contributed by atoms with Crippen molar-refractivity contribution in [1.82, 2.24) is 15.0 Å². The monoisotopic (exact) mass is 367 g/mol. The molecule has 1 aromatic carbocycles. The van der Waals surface area contributed by atoms with Crippen molar-refractivity contribution < 1.29 is 24.0 Å². The number of aryl methyl sites for hydroxylation is 1. The summed E-state index contributed by atoms with van der Waals surface area (Å²) >= 11 is 0. The molecule has 2 aliphatic rings. The lowest BCUT2D eigenvalue weighted by Crippen LogP contribution is -2.33. The third kappa shape index (κ3) is 3.08. The van der Waals surface area contributed by atoms with Crippen LogP contribution in [0.1, 0.15) is 61.4 Å². The van der Waals surface area contributed by atoms with Crippen molar-refractivity contribution >= 4 is 17.8 Å². The average Bonchev–Trinajstić information content (AvgIpc) is 2.93. The van der Waals surface area contributed by atoms with Gasteiger partial charge in [0.25, 0.3) is 11.8 Å². The summed E-state index contributed by atoms with van der Waals surface area (Å²) in [6.07, 6.45) is 3.05. The van der Waals surface area contributed by atoms with Crippen molar-refractivity contribution in [2.75, 3.05) is 13.2 Å². The van der Waals surface area contributed by atoms with Crippen LogP contribution < -0.4 is 0 Å². The fourth-order valence-electron chi connectivity index (χ4n) is 3.22. The Labute approximate surface area is 155 Å². The molecule has 1 aromatic heterocycles. The van der Waals surface area contributed by atoms with Gasteiger partial charge in [0.05, 0.1) is 16.8 Å². The van der Waals surface area contributed by atoms with E-state index in [2.05, 4.69) is 9.97 Å². The minimum absolute atomic E-state index is 0.113. The number of imide groups is 1. The van der Waals surface area contributed by atoms with Gasteiger partial charge in [0.15, 0.2) is 0 Å². The number of aromatic nitrogens is 2. The standard InChI is InChI=1S/C19H17N3O5/c1-11-15(10-20-16(21-11)12-6-8-26-9-7-12)19(25)27-22-17(23)13-4-2-3-5-14(13)18(22)24/h2-5,10,12H,6-9H2,1H3. The van der Waals surface area contributed by atoms with Crippen LogP contribution in [0.3, 0.4) is 0 Å². The number of fused-ring (bicyclic) bond motifs is 1. The second kappa shape index (κ2) is 6.88. The Hall–Kier alpha value is -3.13. The van der Waals surface area contributed by atoms with Gasteiger partial charge in [-0.1, -0.05) is 17.2 Å². The van der Waals surface area contributed by atoms with Crippen LogP contribution in [-0.2, 0) is 9.57 Å². The van der Waals surface area contributed by atoms with Crippen molar-refractivity contribution in [3.8, 4) is 0 Å². The predicted molar refractivity (Wildman–Crippen MR) is 91.9 cm³/mol. The van der Waals surface area contributed by atoms with Crippen LogP contribution in [0.4, 0.5) is 0 Å². The molecular weight excluding hydrogens is 350 g/mol. The maximum Gasteiger partial charge on any atom is 0.367 e. The predicted octanol–water partition coefficient (Wildman–Crippen LogP) is 2.05. The van der Waals surface area contributed by atoms with Gasteiger partial charge in [0.2, 0.25) is 0 Å². The molecule has 1 saturated heterocycles. The van der Waals surface area contributed by atoms with E-state index in [1.807, 2.05) is 0 Å². The molecule has 138 valence electrons. The van der Waals surface area contributed by atoms with Crippen molar-refractivity contribution in [3.63, 3.8) is 0 Å². The average molecular weight is 367 g/mol. The molecule has 2 aromatic rings. The highest BCUT2D eigenvalue weighted by atomic mass is 16.7. The quantitative estimate of drug-likeness (QED) is 0.766. The van der Waals surface area contributed by atoms with Gasteiger partial charge in [0, 0.05) is 25.3 Å². The van der Waals surface area contributed by atoms with E-state index in [0.29, 0.717) is 29.8 Å². The van der Waals surface area contributed by atoms with Crippen molar-refractivity contribution in [2.45, 2.75) is 25.7 Å². The zero-order valence-electron chi connectivity index (χ0n) is 14.7. The Bertz CT molecular complexity index is 902. The van der Waals surface area contributed by atoms with Gasteiger partial charge in [0.1, 0.15) is 11.4 Å². The molecule has 2 amide bonds. The number of ether oxygens (including phenoxy) is 1. The lowest BCUT2D eigenvalue weighted by Gasteiger charge is -2.21. The van der Waals surface area contributed by atoms with Crippen LogP contribution in [0.25, 0.3) is 0 Å². The van der Waals surface area contributed by atoms with E-state index < -0.39 is 17.8 Å². The summed E-state index contributed by atoms with van der Waals surface area (Å²) in [5, 5.41) is 0.485. The Morgan fingerprint density at radius 1 is 1.15 bits per heavy atom. The summed E-state index contributed by atoms with van der Waals surface area (Å²) in [4.78, 5) is 50.9. The maximum absolute atomic E-state index is 12.5. The number of carbonyl (C=O) groups is 3. The van der Waals surface area contributed by atoms with Crippen molar-refractivity contribution in [1.29, 1.82) is 0 Å². The molecule has 0 radical (unpaired) electrons. The van der Waals surface area contributed by atoms with E-state index in [0.717, 1.165) is 12.8 Å². The summed E-state index contributed by atoms with van der Waals surface area (Å²) in [7, 11) is 0. The second-order valence-electron chi connectivity index (χ2n) is 6.44. The molecule has 27 heavy (non-hydrogen) atoms. The van der Waals surface area contributed by atoms with E-state index in [1.165, 1.54) is 18.3 Å². The molecule has 0 bridgehead atoms. The first-order chi connectivity index (χ1) is 13.1. The topological polar surface area (TPSA) is 98.7 Å². The molecule has 0 saturated carbocycles. The number of amides is 2. The number of hydroxylamine groups is 2.